The molecule has 0 aromatic rings. The highest BCUT2D eigenvalue weighted by atomic mass is 32.2. The van der Waals surface area contributed by atoms with Crippen LogP contribution >= 0.6 is 0 Å². The summed E-state index contributed by atoms with van der Waals surface area (Å²) in [5, 5.41) is 3.19. The second-order valence-corrected chi connectivity index (χ2v) is 7.65. The van der Waals surface area contributed by atoms with Crippen molar-refractivity contribution in [2.45, 2.75) is 18.9 Å². The quantitative estimate of drug-likeness (QED) is 0.645. The number of likely N-dealkylation sites (N-methyl/N-ethyl adjacent to an activating group) is 1. The number of sulfone groups is 1. The van der Waals surface area contributed by atoms with E-state index in [0.29, 0.717) is 12.6 Å². The average molecular weight is 277 g/mol. The van der Waals surface area contributed by atoms with Gasteiger partial charge in [0.15, 0.2) is 0 Å². The Balaban J connectivity index is 2.08. The lowest BCUT2D eigenvalue weighted by Gasteiger charge is -2.35. The fourth-order valence-electron chi connectivity index (χ4n) is 2.26. The van der Waals surface area contributed by atoms with Crippen LogP contribution in [-0.2, 0) is 9.84 Å². The minimum atomic E-state index is -2.83. The van der Waals surface area contributed by atoms with Crippen molar-refractivity contribution in [1.82, 2.24) is 15.1 Å². The molecule has 0 bridgehead atoms. The Labute approximate surface area is 111 Å². The monoisotopic (exact) mass is 277 g/mol. The van der Waals surface area contributed by atoms with E-state index >= 15 is 0 Å². The van der Waals surface area contributed by atoms with Crippen LogP contribution in [0.25, 0.3) is 0 Å². The summed E-state index contributed by atoms with van der Waals surface area (Å²) >= 11 is 0. The average Bonchev–Trinajstić information content (AvgIpc) is 2.27. The predicted octanol–water partition coefficient (Wildman–Crippen LogP) is -0.353. The Morgan fingerprint density at radius 3 is 2.44 bits per heavy atom. The van der Waals surface area contributed by atoms with E-state index in [0.717, 1.165) is 13.1 Å². The number of nitrogens with one attached hydrogen (secondary N) is 1. The molecule has 0 amide bonds. The zero-order valence-corrected chi connectivity index (χ0v) is 12.7. The Hall–Kier alpha value is -0.170. The van der Waals surface area contributed by atoms with Crippen LogP contribution in [0.5, 0.6) is 0 Å². The molecule has 0 atom stereocenters. The van der Waals surface area contributed by atoms with Crippen LogP contribution in [0.4, 0.5) is 0 Å². The minimum Gasteiger partial charge on any atom is -0.314 e. The van der Waals surface area contributed by atoms with Crippen LogP contribution in [-0.4, -0.2) is 83.1 Å². The molecule has 1 N–H and O–H groups in total. The first-order valence-corrected chi connectivity index (χ1v) is 8.72. The van der Waals surface area contributed by atoms with Gasteiger partial charge in [-0.3, -0.25) is 0 Å². The van der Waals surface area contributed by atoms with E-state index < -0.39 is 9.84 Å². The second-order valence-electron chi connectivity index (χ2n) is 5.39. The van der Waals surface area contributed by atoms with Crippen molar-refractivity contribution in [3.63, 3.8) is 0 Å². The van der Waals surface area contributed by atoms with Crippen LogP contribution in [0.3, 0.4) is 0 Å². The predicted molar refractivity (Wildman–Crippen MR) is 75.7 cm³/mol. The van der Waals surface area contributed by atoms with Crippen molar-refractivity contribution in [3.8, 4) is 0 Å². The Bertz CT molecular complexity index is 324. The molecule has 0 aromatic carbocycles. The van der Waals surface area contributed by atoms with Gasteiger partial charge in [-0.05, 0) is 40.0 Å². The zero-order valence-electron chi connectivity index (χ0n) is 11.9. The first-order chi connectivity index (χ1) is 8.38. The summed E-state index contributed by atoms with van der Waals surface area (Å²) in [5.74, 6) is 0.227. The van der Waals surface area contributed by atoms with Gasteiger partial charge in [0.1, 0.15) is 9.84 Å². The molecule has 6 heteroatoms. The molecule has 0 saturated carbocycles. The van der Waals surface area contributed by atoms with E-state index in [4.69, 9.17) is 0 Å². The fraction of sp³-hybridized carbons (Fsp3) is 1.00. The Morgan fingerprint density at radius 2 is 1.89 bits per heavy atom. The first kappa shape index (κ1) is 15.9. The molecular formula is C12H27N3O2S. The topological polar surface area (TPSA) is 52.6 Å². The third-order valence-corrected chi connectivity index (χ3v) is 4.55. The normalized spacial score (nSPS) is 19.6. The molecule has 108 valence electrons. The van der Waals surface area contributed by atoms with Crippen molar-refractivity contribution in [2.24, 2.45) is 0 Å². The van der Waals surface area contributed by atoms with Gasteiger partial charge in [-0.2, -0.15) is 0 Å². The maximum atomic E-state index is 11.0. The van der Waals surface area contributed by atoms with Gasteiger partial charge in [0, 0.05) is 31.9 Å². The summed E-state index contributed by atoms with van der Waals surface area (Å²) < 4.78 is 21.9. The number of nitrogens with zero attached hydrogens (tertiary/aromatic N) is 2. The molecule has 1 saturated heterocycles. The van der Waals surface area contributed by atoms with E-state index in [1.54, 1.807) is 0 Å². The van der Waals surface area contributed by atoms with Gasteiger partial charge in [0.2, 0.25) is 0 Å². The Kier molecular flexibility index (Phi) is 6.55. The molecule has 1 rings (SSSR count). The van der Waals surface area contributed by atoms with Gasteiger partial charge < -0.3 is 15.1 Å². The Morgan fingerprint density at radius 1 is 1.28 bits per heavy atom. The summed E-state index contributed by atoms with van der Waals surface area (Å²) in [7, 11) is 1.50. The van der Waals surface area contributed by atoms with Gasteiger partial charge in [-0.1, -0.05) is 0 Å². The van der Waals surface area contributed by atoms with Gasteiger partial charge in [0.25, 0.3) is 0 Å². The highest BCUT2D eigenvalue weighted by Crippen LogP contribution is 2.13. The summed E-state index contributed by atoms with van der Waals surface area (Å²) in [6, 6.07) is 0.679. The maximum absolute atomic E-state index is 11.0. The van der Waals surface area contributed by atoms with Crippen LogP contribution in [0.1, 0.15) is 12.8 Å². The summed E-state index contributed by atoms with van der Waals surface area (Å²) in [6.07, 6.45) is 3.74. The second kappa shape index (κ2) is 7.43. The highest BCUT2D eigenvalue weighted by molar-refractivity contribution is 7.90. The minimum absolute atomic E-state index is 0.227. The lowest BCUT2D eigenvalue weighted by atomic mass is 10.0. The molecule has 5 nitrogen and oxygen atoms in total. The van der Waals surface area contributed by atoms with E-state index in [1.807, 2.05) is 0 Å². The van der Waals surface area contributed by atoms with E-state index in [2.05, 4.69) is 29.2 Å². The smallest absolute Gasteiger partial charge is 0.148 e. The molecule has 1 fully saturated rings. The lowest BCUT2D eigenvalue weighted by Crippen LogP contribution is -2.44. The van der Waals surface area contributed by atoms with Crippen molar-refractivity contribution >= 4 is 9.84 Å². The van der Waals surface area contributed by atoms with Crippen LogP contribution in [0, 0.1) is 0 Å². The van der Waals surface area contributed by atoms with E-state index in [1.165, 1.54) is 32.2 Å². The molecular weight excluding hydrogens is 250 g/mol. The van der Waals surface area contributed by atoms with Crippen LogP contribution in [0.15, 0.2) is 0 Å². The first-order valence-electron chi connectivity index (χ1n) is 6.66. The lowest BCUT2D eigenvalue weighted by molar-refractivity contribution is 0.145. The van der Waals surface area contributed by atoms with Crippen LogP contribution in [0.2, 0.25) is 0 Å². The van der Waals surface area contributed by atoms with E-state index in [9.17, 15) is 8.42 Å². The zero-order chi connectivity index (χ0) is 13.6. The number of likely N-dealkylation sites (tertiary alicyclic amines) is 1. The summed E-state index contributed by atoms with van der Waals surface area (Å²) in [4.78, 5) is 4.76. The molecule has 0 unspecified atom stereocenters. The van der Waals surface area contributed by atoms with Crippen molar-refractivity contribution in [1.29, 1.82) is 0 Å². The van der Waals surface area contributed by atoms with Crippen molar-refractivity contribution in [3.05, 3.63) is 0 Å². The number of hydrogen-bond acceptors (Lipinski definition) is 5. The number of hydrogen-bond donors (Lipinski definition) is 1. The highest BCUT2D eigenvalue weighted by Gasteiger charge is 2.19. The number of rotatable bonds is 7. The van der Waals surface area contributed by atoms with Gasteiger partial charge in [-0.15, -0.1) is 0 Å². The largest absolute Gasteiger partial charge is 0.314 e. The van der Waals surface area contributed by atoms with Crippen LogP contribution < -0.4 is 5.32 Å². The van der Waals surface area contributed by atoms with Crippen molar-refractivity contribution in [2.75, 3.05) is 58.8 Å². The van der Waals surface area contributed by atoms with Crippen molar-refractivity contribution < 1.29 is 8.42 Å². The third kappa shape index (κ3) is 6.68. The maximum Gasteiger partial charge on any atom is 0.148 e. The molecule has 1 aliphatic heterocycles. The third-order valence-electron chi connectivity index (χ3n) is 3.60. The fourth-order valence-corrected chi connectivity index (χ4v) is 2.77. The van der Waals surface area contributed by atoms with Gasteiger partial charge in [-0.25, -0.2) is 8.42 Å². The molecule has 1 heterocycles. The van der Waals surface area contributed by atoms with Gasteiger partial charge in [0.05, 0.1) is 5.75 Å². The molecule has 0 radical (unpaired) electrons. The van der Waals surface area contributed by atoms with Gasteiger partial charge >= 0.3 is 0 Å². The standard InChI is InChI=1S/C12H27N3O2S/c1-14-8-4-12(5-9-14)15(2)10-6-13-7-11-18(3,16)17/h12-13H,4-11H2,1-3H3. The van der Waals surface area contributed by atoms with E-state index in [-0.39, 0.29) is 5.75 Å². The molecule has 18 heavy (non-hydrogen) atoms. The summed E-state index contributed by atoms with van der Waals surface area (Å²) in [5.41, 5.74) is 0. The summed E-state index contributed by atoms with van der Waals surface area (Å²) in [6.45, 7) is 4.75. The SMILES string of the molecule is CN1CCC(N(C)CCNCCS(C)(=O)=O)CC1. The molecule has 1 aliphatic rings. The number of piperidine rings is 1. The molecule has 0 spiro atoms. The molecule has 0 aromatic heterocycles. The molecule has 0 aliphatic carbocycles.